The molecule has 20 heavy (non-hydrogen) atoms. The van der Waals surface area contributed by atoms with Crippen LogP contribution in [0.5, 0.6) is 5.75 Å². The summed E-state index contributed by atoms with van der Waals surface area (Å²) in [7, 11) is 0. The fraction of sp³-hybridized carbons (Fsp3) is 0.333. The lowest BCUT2D eigenvalue weighted by atomic mass is 10.2. The van der Waals surface area contributed by atoms with Gasteiger partial charge in [-0.3, -0.25) is 0 Å². The smallest absolute Gasteiger partial charge is 0.227 e. The molecular weight excluding hydrogens is 252 g/mol. The average Bonchev–Trinajstić information content (AvgIpc) is 2.39. The zero-order chi connectivity index (χ0) is 14.5. The molecule has 0 unspecified atom stereocenters. The summed E-state index contributed by atoms with van der Waals surface area (Å²) in [6.45, 7) is 6.90. The molecule has 2 aromatic rings. The van der Waals surface area contributed by atoms with Crippen LogP contribution >= 0.6 is 0 Å². The Morgan fingerprint density at radius 3 is 2.45 bits per heavy atom. The number of rotatable bonds is 5. The molecule has 5 heteroatoms. The third-order valence-electron chi connectivity index (χ3n) is 2.82. The molecule has 0 aliphatic heterocycles. The van der Waals surface area contributed by atoms with Crippen molar-refractivity contribution < 1.29 is 4.74 Å². The SMILES string of the molecule is CCOc1ccc(Nc2nc(C)cc(C)n2)cc1CN. The van der Waals surface area contributed by atoms with E-state index >= 15 is 0 Å². The van der Waals surface area contributed by atoms with Gasteiger partial charge in [0.05, 0.1) is 6.61 Å². The second-order valence-electron chi connectivity index (χ2n) is 4.56. The van der Waals surface area contributed by atoms with E-state index in [1.807, 2.05) is 45.0 Å². The highest BCUT2D eigenvalue weighted by molar-refractivity contribution is 5.57. The van der Waals surface area contributed by atoms with Gasteiger partial charge in [-0.25, -0.2) is 9.97 Å². The van der Waals surface area contributed by atoms with E-state index in [0.29, 0.717) is 19.1 Å². The molecule has 1 aromatic heterocycles. The molecule has 0 aliphatic rings. The highest BCUT2D eigenvalue weighted by Gasteiger charge is 2.05. The lowest BCUT2D eigenvalue weighted by Crippen LogP contribution is -2.04. The van der Waals surface area contributed by atoms with Crippen LogP contribution in [-0.2, 0) is 6.54 Å². The van der Waals surface area contributed by atoms with Gasteiger partial charge in [0.15, 0.2) is 0 Å². The first kappa shape index (κ1) is 14.3. The van der Waals surface area contributed by atoms with E-state index in [2.05, 4.69) is 15.3 Å². The molecule has 0 spiro atoms. The lowest BCUT2D eigenvalue weighted by molar-refractivity contribution is 0.336. The van der Waals surface area contributed by atoms with Crippen LogP contribution in [0.1, 0.15) is 23.9 Å². The lowest BCUT2D eigenvalue weighted by Gasteiger charge is -2.12. The largest absolute Gasteiger partial charge is 0.494 e. The molecule has 0 aliphatic carbocycles. The number of nitrogens with two attached hydrogens (primary N) is 1. The van der Waals surface area contributed by atoms with Crippen molar-refractivity contribution in [3.8, 4) is 5.75 Å². The van der Waals surface area contributed by atoms with Crippen LogP contribution in [0.3, 0.4) is 0 Å². The van der Waals surface area contributed by atoms with Crippen LogP contribution in [0.4, 0.5) is 11.6 Å². The normalized spacial score (nSPS) is 10.4. The molecule has 5 nitrogen and oxygen atoms in total. The number of benzene rings is 1. The Labute approximate surface area is 119 Å². The molecule has 0 atom stereocenters. The minimum atomic E-state index is 0.429. The summed E-state index contributed by atoms with van der Waals surface area (Å²) in [4.78, 5) is 8.72. The van der Waals surface area contributed by atoms with E-state index in [9.17, 15) is 0 Å². The fourth-order valence-electron chi connectivity index (χ4n) is 2.02. The van der Waals surface area contributed by atoms with Crippen molar-refractivity contribution in [2.45, 2.75) is 27.3 Å². The summed E-state index contributed by atoms with van der Waals surface area (Å²) < 4.78 is 5.53. The van der Waals surface area contributed by atoms with Gasteiger partial charge in [0.1, 0.15) is 5.75 Å². The third kappa shape index (κ3) is 3.45. The molecular formula is C15H20N4O. The van der Waals surface area contributed by atoms with Crippen molar-refractivity contribution in [2.75, 3.05) is 11.9 Å². The summed E-state index contributed by atoms with van der Waals surface area (Å²) in [5.41, 5.74) is 9.48. The molecule has 2 rings (SSSR count). The number of aromatic nitrogens is 2. The van der Waals surface area contributed by atoms with Crippen LogP contribution < -0.4 is 15.8 Å². The van der Waals surface area contributed by atoms with E-state index in [1.54, 1.807) is 0 Å². The van der Waals surface area contributed by atoms with Gasteiger partial charge in [-0.05, 0) is 45.0 Å². The zero-order valence-corrected chi connectivity index (χ0v) is 12.1. The van der Waals surface area contributed by atoms with Gasteiger partial charge < -0.3 is 15.8 Å². The molecule has 0 saturated heterocycles. The Morgan fingerprint density at radius 2 is 1.85 bits per heavy atom. The number of aryl methyl sites for hydroxylation is 2. The van der Waals surface area contributed by atoms with Crippen molar-refractivity contribution in [1.29, 1.82) is 0 Å². The van der Waals surface area contributed by atoms with Crippen LogP contribution in [0, 0.1) is 13.8 Å². The van der Waals surface area contributed by atoms with Gasteiger partial charge in [0.25, 0.3) is 0 Å². The number of hydrogen-bond acceptors (Lipinski definition) is 5. The summed E-state index contributed by atoms with van der Waals surface area (Å²) in [6, 6.07) is 7.75. The van der Waals surface area contributed by atoms with E-state index in [-0.39, 0.29) is 0 Å². The van der Waals surface area contributed by atoms with Gasteiger partial charge in [0, 0.05) is 29.2 Å². The highest BCUT2D eigenvalue weighted by Crippen LogP contribution is 2.24. The molecule has 0 saturated carbocycles. The number of hydrogen-bond donors (Lipinski definition) is 2. The number of ether oxygens (including phenoxy) is 1. The van der Waals surface area contributed by atoms with E-state index < -0.39 is 0 Å². The van der Waals surface area contributed by atoms with E-state index in [4.69, 9.17) is 10.5 Å². The molecule has 0 fully saturated rings. The number of nitrogens with zero attached hydrogens (tertiary/aromatic N) is 2. The second-order valence-corrected chi connectivity index (χ2v) is 4.56. The van der Waals surface area contributed by atoms with Crippen molar-refractivity contribution in [3.63, 3.8) is 0 Å². The Hall–Kier alpha value is -2.14. The summed E-state index contributed by atoms with van der Waals surface area (Å²) in [5, 5.41) is 3.20. The van der Waals surface area contributed by atoms with E-state index in [0.717, 1.165) is 28.4 Å². The maximum atomic E-state index is 5.75. The van der Waals surface area contributed by atoms with Crippen molar-refractivity contribution >= 4 is 11.6 Å². The van der Waals surface area contributed by atoms with Crippen LogP contribution in [-0.4, -0.2) is 16.6 Å². The third-order valence-corrected chi connectivity index (χ3v) is 2.82. The topological polar surface area (TPSA) is 73.1 Å². The molecule has 1 heterocycles. The van der Waals surface area contributed by atoms with Crippen molar-refractivity contribution in [3.05, 3.63) is 41.2 Å². The molecule has 3 N–H and O–H groups in total. The van der Waals surface area contributed by atoms with Gasteiger partial charge in [-0.1, -0.05) is 0 Å². The molecule has 0 bridgehead atoms. The van der Waals surface area contributed by atoms with Crippen molar-refractivity contribution in [2.24, 2.45) is 5.73 Å². The predicted octanol–water partition coefficient (Wildman–Crippen LogP) is 2.69. The Kier molecular flexibility index (Phi) is 4.53. The Morgan fingerprint density at radius 1 is 1.15 bits per heavy atom. The van der Waals surface area contributed by atoms with Gasteiger partial charge >= 0.3 is 0 Å². The highest BCUT2D eigenvalue weighted by atomic mass is 16.5. The molecule has 106 valence electrons. The number of anilines is 2. The van der Waals surface area contributed by atoms with Crippen LogP contribution in [0.15, 0.2) is 24.3 Å². The summed E-state index contributed by atoms with van der Waals surface area (Å²) in [6.07, 6.45) is 0. The van der Waals surface area contributed by atoms with Gasteiger partial charge in [-0.2, -0.15) is 0 Å². The van der Waals surface area contributed by atoms with Crippen LogP contribution in [0.25, 0.3) is 0 Å². The fourth-order valence-corrected chi connectivity index (χ4v) is 2.02. The first-order valence-corrected chi connectivity index (χ1v) is 6.67. The predicted molar refractivity (Wildman–Crippen MR) is 80.3 cm³/mol. The molecule has 0 radical (unpaired) electrons. The average molecular weight is 272 g/mol. The maximum Gasteiger partial charge on any atom is 0.227 e. The molecule has 1 aromatic carbocycles. The second kappa shape index (κ2) is 6.34. The van der Waals surface area contributed by atoms with Gasteiger partial charge in [-0.15, -0.1) is 0 Å². The molecule has 0 amide bonds. The van der Waals surface area contributed by atoms with Gasteiger partial charge in [0.2, 0.25) is 5.95 Å². The quantitative estimate of drug-likeness (QED) is 0.875. The van der Waals surface area contributed by atoms with Crippen LogP contribution in [0.2, 0.25) is 0 Å². The maximum absolute atomic E-state index is 5.75. The Bertz CT molecular complexity index is 578. The standard InChI is InChI=1S/C15H20N4O/c1-4-20-14-6-5-13(8-12(14)9-16)19-15-17-10(2)7-11(3)18-15/h5-8H,4,9,16H2,1-3H3,(H,17,18,19). The summed E-state index contributed by atoms with van der Waals surface area (Å²) >= 11 is 0. The first-order chi connectivity index (χ1) is 9.62. The monoisotopic (exact) mass is 272 g/mol. The number of nitrogens with one attached hydrogen (secondary N) is 1. The Balaban J connectivity index is 2.25. The van der Waals surface area contributed by atoms with E-state index in [1.165, 1.54) is 0 Å². The summed E-state index contributed by atoms with van der Waals surface area (Å²) in [5.74, 6) is 1.41. The zero-order valence-electron chi connectivity index (χ0n) is 12.1. The minimum Gasteiger partial charge on any atom is -0.494 e. The first-order valence-electron chi connectivity index (χ1n) is 6.67. The van der Waals surface area contributed by atoms with Crippen molar-refractivity contribution in [1.82, 2.24) is 9.97 Å². The minimum absolute atomic E-state index is 0.429.